The van der Waals surface area contributed by atoms with Crippen molar-refractivity contribution in [3.8, 4) is 0 Å². The Labute approximate surface area is 149 Å². The fourth-order valence-electron chi connectivity index (χ4n) is 1.97. The van der Waals surface area contributed by atoms with Crippen molar-refractivity contribution in [2.75, 3.05) is 6.26 Å². The van der Waals surface area contributed by atoms with Gasteiger partial charge in [0.1, 0.15) is 0 Å². The summed E-state index contributed by atoms with van der Waals surface area (Å²) < 4.78 is 5.16. The molecule has 2 amide bonds. The summed E-state index contributed by atoms with van der Waals surface area (Å²) >= 11 is 1.41. The van der Waals surface area contributed by atoms with E-state index in [1.165, 1.54) is 18.7 Å². The van der Waals surface area contributed by atoms with Crippen LogP contribution in [0.4, 0.5) is 0 Å². The number of nitrogens with one attached hydrogen (secondary N) is 2. The van der Waals surface area contributed by atoms with E-state index in [0.29, 0.717) is 11.1 Å². The average Bonchev–Trinajstić information content (AvgIpc) is 2.66. The van der Waals surface area contributed by atoms with Gasteiger partial charge in [-0.2, -0.15) is 0 Å². The fourth-order valence-corrected chi connectivity index (χ4v) is 2.56. The first-order chi connectivity index (χ1) is 12.0. The second-order valence-electron chi connectivity index (χ2n) is 5.06. The van der Waals surface area contributed by atoms with Crippen LogP contribution in [0.2, 0.25) is 0 Å². The number of carbonyl (C=O) groups excluding carboxylic acids is 3. The molecule has 0 aliphatic heterocycles. The van der Waals surface area contributed by atoms with Crippen LogP contribution in [0.5, 0.6) is 0 Å². The van der Waals surface area contributed by atoms with Crippen LogP contribution >= 0.6 is 11.8 Å². The van der Waals surface area contributed by atoms with Gasteiger partial charge in [0.25, 0.3) is 11.8 Å². The van der Waals surface area contributed by atoms with E-state index in [1.54, 1.807) is 48.5 Å². The van der Waals surface area contributed by atoms with Crippen molar-refractivity contribution < 1.29 is 19.1 Å². The number of ether oxygens (including phenoxy) is 1. The van der Waals surface area contributed by atoms with E-state index in [2.05, 4.69) is 10.9 Å². The smallest absolute Gasteiger partial charge is 0.340 e. The number of rotatable bonds is 5. The molecule has 1 atom stereocenters. The van der Waals surface area contributed by atoms with E-state index in [9.17, 15) is 14.4 Å². The van der Waals surface area contributed by atoms with Crippen LogP contribution in [0.25, 0.3) is 0 Å². The number of esters is 1. The molecule has 0 unspecified atom stereocenters. The molecule has 2 aromatic carbocycles. The molecule has 0 spiro atoms. The Morgan fingerprint density at radius 3 is 2.28 bits per heavy atom. The molecular formula is C18H18N2O4S. The molecule has 2 aromatic rings. The van der Waals surface area contributed by atoms with Gasteiger partial charge >= 0.3 is 5.97 Å². The number of carbonyl (C=O) groups is 3. The third kappa shape index (κ3) is 5.09. The average molecular weight is 358 g/mol. The summed E-state index contributed by atoms with van der Waals surface area (Å²) in [5.41, 5.74) is 5.32. The van der Waals surface area contributed by atoms with E-state index >= 15 is 0 Å². The number of benzene rings is 2. The third-order valence-electron chi connectivity index (χ3n) is 3.32. The van der Waals surface area contributed by atoms with E-state index in [1.807, 2.05) is 12.3 Å². The molecule has 2 N–H and O–H groups in total. The lowest BCUT2D eigenvalue weighted by Gasteiger charge is -2.15. The van der Waals surface area contributed by atoms with Gasteiger partial charge in [0.2, 0.25) is 0 Å². The summed E-state index contributed by atoms with van der Waals surface area (Å²) in [6.07, 6.45) is 0.792. The number of amides is 2. The SMILES string of the molecule is CSc1ccccc1C(=O)O[C@H](C)C(=O)NNC(=O)c1ccccc1. The molecule has 0 bridgehead atoms. The lowest BCUT2D eigenvalue weighted by atomic mass is 10.2. The number of hydrazine groups is 1. The second-order valence-corrected chi connectivity index (χ2v) is 5.91. The molecule has 0 radical (unpaired) electrons. The largest absolute Gasteiger partial charge is 0.449 e. The maximum atomic E-state index is 12.2. The highest BCUT2D eigenvalue weighted by molar-refractivity contribution is 7.98. The second kappa shape index (κ2) is 8.89. The van der Waals surface area contributed by atoms with Gasteiger partial charge in [-0.1, -0.05) is 30.3 Å². The van der Waals surface area contributed by atoms with E-state index in [4.69, 9.17) is 4.74 Å². The molecule has 2 rings (SSSR count). The molecule has 0 aliphatic rings. The van der Waals surface area contributed by atoms with Crippen LogP contribution in [0.1, 0.15) is 27.6 Å². The maximum Gasteiger partial charge on any atom is 0.340 e. The molecule has 0 saturated carbocycles. The van der Waals surface area contributed by atoms with E-state index in [-0.39, 0.29) is 0 Å². The Balaban J connectivity index is 1.90. The van der Waals surface area contributed by atoms with Gasteiger partial charge in [-0.3, -0.25) is 20.4 Å². The molecule has 6 nitrogen and oxygen atoms in total. The van der Waals surface area contributed by atoms with Crippen LogP contribution in [-0.2, 0) is 9.53 Å². The van der Waals surface area contributed by atoms with Gasteiger partial charge in [-0.05, 0) is 37.4 Å². The predicted octanol–water partition coefficient (Wildman–Crippen LogP) is 2.42. The van der Waals surface area contributed by atoms with Crippen LogP contribution in [-0.4, -0.2) is 30.1 Å². The predicted molar refractivity (Wildman–Crippen MR) is 95.2 cm³/mol. The summed E-state index contributed by atoms with van der Waals surface area (Å²) in [6.45, 7) is 1.43. The summed E-state index contributed by atoms with van der Waals surface area (Å²) in [4.78, 5) is 36.8. The van der Waals surface area contributed by atoms with Crippen molar-refractivity contribution in [3.63, 3.8) is 0 Å². The molecule has 0 heterocycles. The molecule has 0 aliphatic carbocycles. The minimum Gasteiger partial charge on any atom is -0.449 e. The Morgan fingerprint density at radius 2 is 1.60 bits per heavy atom. The van der Waals surface area contributed by atoms with Crippen LogP contribution in [0.3, 0.4) is 0 Å². The number of hydrogen-bond donors (Lipinski definition) is 2. The maximum absolute atomic E-state index is 12.2. The first-order valence-electron chi connectivity index (χ1n) is 7.52. The lowest BCUT2D eigenvalue weighted by Crippen LogP contribution is -2.46. The Hall–Kier alpha value is -2.80. The standard InChI is InChI=1S/C18H18N2O4S/c1-12(24-18(23)14-10-6-7-11-15(14)25-2)16(21)19-20-17(22)13-8-4-3-5-9-13/h3-12H,1-2H3,(H,19,21)(H,20,22)/t12-/m1/s1. The van der Waals surface area contributed by atoms with Crippen LogP contribution in [0.15, 0.2) is 59.5 Å². The highest BCUT2D eigenvalue weighted by atomic mass is 32.2. The van der Waals surface area contributed by atoms with Crippen molar-refractivity contribution in [3.05, 3.63) is 65.7 Å². The zero-order chi connectivity index (χ0) is 18.2. The summed E-state index contributed by atoms with van der Waals surface area (Å²) in [5, 5.41) is 0. The minimum absolute atomic E-state index is 0.392. The first kappa shape index (κ1) is 18.5. The highest BCUT2D eigenvalue weighted by Crippen LogP contribution is 2.20. The monoisotopic (exact) mass is 358 g/mol. The molecule has 25 heavy (non-hydrogen) atoms. The number of hydrogen-bond acceptors (Lipinski definition) is 5. The normalized spacial score (nSPS) is 11.3. The third-order valence-corrected chi connectivity index (χ3v) is 4.11. The molecule has 0 fully saturated rings. The minimum atomic E-state index is -1.06. The highest BCUT2D eigenvalue weighted by Gasteiger charge is 2.21. The summed E-state index contributed by atoms with van der Waals surface area (Å²) in [6, 6.07) is 15.4. The van der Waals surface area contributed by atoms with Crippen molar-refractivity contribution in [1.29, 1.82) is 0 Å². The van der Waals surface area contributed by atoms with Gasteiger partial charge < -0.3 is 4.74 Å². The lowest BCUT2D eigenvalue weighted by molar-refractivity contribution is -0.129. The zero-order valence-corrected chi connectivity index (χ0v) is 14.6. The van der Waals surface area contributed by atoms with Crippen molar-refractivity contribution in [2.24, 2.45) is 0 Å². The van der Waals surface area contributed by atoms with Gasteiger partial charge in [0, 0.05) is 10.5 Å². The van der Waals surface area contributed by atoms with Gasteiger partial charge in [-0.25, -0.2) is 4.79 Å². The first-order valence-corrected chi connectivity index (χ1v) is 8.74. The van der Waals surface area contributed by atoms with Crippen molar-refractivity contribution in [1.82, 2.24) is 10.9 Å². The summed E-state index contributed by atoms with van der Waals surface area (Å²) in [7, 11) is 0. The van der Waals surface area contributed by atoms with Crippen molar-refractivity contribution in [2.45, 2.75) is 17.9 Å². The number of thioether (sulfide) groups is 1. The van der Waals surface area contributed by atoms with Crippen LogP contribution in [0, 0.1) is 0 Å². The molecule has 130 valence electrons. The fraction of sp³-hybridized carbons (Fsp3) is 0.167. The quantitative estimate of drug-likeness (QED) is 0.487. The topological polar surface area (TPSA) is 84.5 Å². The molecule has 7 heteroatoms. The van der Waals surface area contributed by atoms with Gasteiger partial charge in [0.15, 0.2) is 6.10 Å². The van der Waals surface area contributed by atoms with E-state index in [0.717, 1.165) is 4.90 Å². The summed E-state index contributed by atoms with van der Waals surface area (Å²) in [5.74, 6) is -1.68. The van der Waals surface area contributed by atoms with E-state index < -0.39 is 23.9 Å². The van der Waals surface area contributed by atoms with Gasteiger partial charge in [-0.15, -0.1) is 11.8 Å². The molecule has 0 saturated heterocycles. The Kier molecular flexibility index (Phi) is 6.59. The molecule has 0 aromatic heterocycles. The molecular weight excluding hydrogens is 340 g/mol. The van der Waals surface area contributed by atoms with Crippen LogP contribution < -0.4 is 10.9 Å². The Bertz CT molecular complexity index is 765. The zero-order valence-electron chi connectivity index (χ0n) is 13.8. The van der Waals surface area contributed by atoms with Crippen molar-refractivity contribution >= 4 is 29.5 Å². The Morgan fingerprint density at radius 1 is 0.960 bits per heavy atom. The van der Waals surface area contributed by atoms with Gasteiger partial charge in [0.05, 0.1) is 5.56 Å².